The van der Waals surface area contributed by atoms with Gasteiger partial charge in [0.2, 0.25) is 0 Å². The molecular formula is C16H15BrF3NO3. The monoisotopic (exact) mass is 405 g/mol. The molecule has 2 rings (SSSR count). The SMILES string of the molecule is COC(=O)[C@@H]1C=C[C@@H](C)[C@H](c2ccc(Br)cc2)N1C(=O)C(F)(F)F. The molecule has 1 aromatic rings. The van der Waals surface area contributed by atoms with Crippen molar-refractivity contribution in [3.8, 4) is 0 Å². The van der Waals surface area contributed by atoms with Crippen molar-refractivity contribution >= 4 is 27.8 Å². The maximum atomic E-state index is 13.1. The maximum Gasteiger partial charge on any atom is 0.471 e. The van der Waals surface area contributed by atoms with Gasteiger partial charge in [-0.1, -0.05) is 47.1 Å². The van der Waals surface area contributed by atoms with Crippen LogP contribution in [0.1, 0.15) is 18.5 Å². The lowest BCUT2D eigenvalue weighted by atomic mass is 9.87. The van der Waals surface area contributed by atoms with Crippen molar-refractivity contribution in [2.45, 2.75) is 25.2 Å². The number of carbonyl (C=O) groups is 2. The number of hydrogen-bond acceptors (Lipinski definition) is 3. The summed E-state index contributed by atoms with van der Waals surface area (Å²) in [6.45, 7) is 1.69. The minimum absolute atomic E-state index is 0.404. The third kappa shape index (κ3) is 3.63. The van der Waals surface area contributed by atoms with Gasteiger partial charge in [0.1, 0.15) is 6.04 Å². The molecule has 0 saturated carbocycles. The van der Waals surface area contributed by atoms with Gasteiger partial charge in [0.25, 0.3) is 0 Å². The highest BCUT2D eigenvalue weighted by atomic mass is 79.9. The van der Waals surface area contributed by atoms with Gasteiger partial charge in [0, 0.05) is 4.47 Å². The normalized spacial score (nSPS) is 23.9. The van der Waals surface area contributed by atoms with E-state index >= 15 is 0 Å². The first kappa shape index (κ1) is 18.5. The zero-order chi connectivity index (χ0) is 18.1. The first-order valence-electron chi connectivity index (χ1n) is 7.08. The van der Waals surface area contributed by atoms with E-state index in [0.717, 1.165) is 11.6 Å². The molecule has 130 valence electrons. The Bertz CT molecular complexity index is 658. The molecule has 0 N–H and O–H groups in total. The van der Waals surface area contributed by atoms with Crippen molar-refractivity contribution in [1.29, 1.82) is 0 Å². The van der Waals surface area contributed by atoms with Crippen LogP contribution in [0, 0.1) is 5.92 Å². The molecule has 4 nitrogen and oxygen atoms in total. The molecule has 1 amide bonds. The number of carbonyl (C=O) groups excluding carboxylic acids is 2. The molecule has 3 atom stereocenters. The van der Waals surface area contributed by atoms with Crippen molar-refractivity contribution in [2.24, 2.45) is 5.92 Å². The van der Waals surface area contributed by atoms with Crippen LogP contribution >= 0.6 is 15.9 Å². The van der Waals surface area contributed by atoms with E-state index in [-0.39, 0.29) is 0 Å². The van der Waals surface area contributed by atoms with Gasteiger partial charge >= 0.3 is 18.1 Å². The van der Waals surface area contributed by atoms with E-state index in [9.17, 15) is 22.8 Å². The number of ether oxygens (including phenoxy) is 1. The van der Waals surface area contributed by atoms with Crippen molar-refractivity contribution < 1.29 is 27.5 Å². The summed E-state index contributed by atoms with van der Waals surface area (Å²) in [7, 11) is 1.07. The van der Waals surface area contributed by atoms with E-state index in [1.54, 1.807) is 37.3 Å². The van der Waals surface area contributed by atoms with Crippen molar-refractivity contribution in [2.75, 3.05) is 7.11 Å². The molecule has 8 heteroatoms. The molecule has 0 radical (unpaired) electrons. The summed E-state index contributed by atoms with van der Waals surface area (Å²) in [4.78, 5) is 24.5. The van der Waals surface area contributed by atoms with Crippen LogP contribution in [0.25, 0.3) is 0 Å². The van der Waals surface area contributed by atoms with Crippen molar-refractivity contribution in [3.05, 3.63) is 46.5 Å². The molecule has 24 heavy (non-hydrogen) atoms. The summed E-state index contributed by atoms with van der Waals surface area (Å²) >= 11 is 3.26. The molecule has 1 aromatic carbocycles. The fourth-order valence-corrected chi connectivity index (χ4v) is 3.01. The molecule has 1 aliphatic heterocycles. The molecule has 0 bridgehead atoms. The Morgan fingerprint density at radius 1 is 1.17 bits per heavy atom. The number of benzene rings is 1. The Morgan fingerprint density at radius 2 is 1.75 bits per heavy atom. The second-order valence-electron chi connectivity index (χ2n) is 5.42. The van der Waals surface area contributed by atoms with E-state index in [1.807, 2.05) is 0 Å². The van der Waals surface area contributed by atoms with E-state index in [4.69, 9.17) is 0 Å². The van der Waals surface area contributed by atoms with Gasteiger partial charge in [-0.3, -0.25) is 4.79 Å². The highest BCUT2D eigenvalue weighted by Crippen LogP contribution is 2.38. The fraction of sp³-hybridized carbons (Fsp3) is 0.375. The third-order valence-corrected chi connectivity index (χ3v) is 4.35. The first-order chi connectivity index (χ1) is 11.2. The number of rotatable bonds is 2. The fourth-order valence-electron chi connectivity index (χ4n) is 2.74. The number of alkyl halides is 3. The molecule has 1 heterocycles. The van der Waals surface area contributed by atoms with Gasteiger partial charge < -0.3 is 9.64 Å². The zero-order valence-corrected chi connectivity index (χ0v) is 14.5. The molecule has 0 spiro atoms. The summed E-state index contributed by atoms with van der Waals surface area (Å²) in [6, 6.07) is 4.23. The number of methoxy groups -OCH3 is 1. The molecule has 1 aliphatic rings. The van der Waals surface area contributed by atoms with Gasteiger partial charge in [-0.25, -0.2) is 4.79 Å². The Morgan fingerprint density at radius 3 is 2.25 bits per heavy atom. The lowest BCUT2D eigenvalue weighted by Gasteiger charge is -2.41. The predicted molar refractivity (Wildman–Crippen MR) is 83.9 cm³/mol. The Kier molecular flexibility index (Phi) is 5.37. The molecule has 0 saturated heterocycles. The Balaban J connectivity index is 2.55. The second kappa shape index (κ2) is 6.96. The highest BCUT2D eigenvalue weighted by Gasteiger charge is 2.50. The molecule has 0 aliphatic carbocycles. The minimum Gasteiger partial charge on any atom is -0.467 e. The van der Waals surface area contributed by atoms with Crippen LogP contribution < -0.4 is 0 Å². The lowest BCUT2D eigenvalue weighted by Crippen LogP contribution is -2.54. The van der Waals surface area contributed by atoms with Crippen LogP contribution in [0.15, 0.2) is 40.9 Å². The average Bonchev–Trinajstić information content (AvgIpc) is 2.53. The summed E-state index contributed by atoms with van der Waals surface area (Å²) in [5.74, 6) is -3.39. The van der Waals surface area contributed by atoms with Gasteiger partial charge in [0.05, 0.1) is 13.2 Å². The smallest absolute Gasteiger partial charge is 0.467 e. The average molecular weight is 406 g/mol. The van der Waals surface area contributed by atoms with Gasteiger partial charge in [-0.2, -0.15) is 13.2 Å². The number of esters is 1. The van der Waals surface area contributed by atoms with Gasteiger partial charge in [0.15, 0.2) is 0 Å². The standard InChI is InChI=1S/C16H15BrF3NO3/c1-9-3-8-12(14(22)24-2)21(15(23)16(18,19)20)13(9)10-4-6-11(17)7-5-10/h3-9,12-13H,1-2H3/t9-,12+,13-/m1/s1. The predicted octanol–water partition coefficient (Wildman–Crippen LogP) is 3.63. The maximum absolute atomic E-state index is 13.1. The van der Waals surface area contributed by atoms with E-state index in [2.05, 4.69) is 20.7 Å². The van der Waals surface area contributed by atoms with E-state index in [0.29, 0.717) is 10.5 Å². The molecular weight excluding hydrogens is 391 g/mol. The Labute approximate surface area is 145 Å². The van der Waals surface area contributed by atoms with Crippen LogP contribution in [0.5, 0.6) is 0 Å². The largest absolute Gasteiger partial charge is 0.471 e. The Hall–Kier alpha value is -1.83. The first-order valence-corrected chi connectivity index (χ1v) is 7.87. The topological polar surface area (TPSA) is 46.6 Å². The molecule has 0 fully saturated rings. The van der Waals surface area contributed by atoms with Crippen molar-refractivity contribution in [1.82, 2.24) is 4.90 Å². The minimum atomic E-state index is -5.09. The van der Waals surface area contributed by atoms with E-state index in [1.165, 1.54) is 6.08 Å². The van der Waals surface area contributed by atoms with Crippen molar-refractivity contribution in [3.63, 3.8) is 0 Å². The van der Waals surface area contributed by atoms with Gasteiger partial charge in [-0.05, 0) is 23.6 Å². The van der Waals surface area contributed by atoms with Crippen LogP contribution in [0.2, 0.25) is 0 Å². The molecule has 0 aromatic heterocycles. The number of amides is 1. The van der Waals surface area contributed by atoms with E-state index < -0.39 is 36.1 Å². The van der Waals surface area contributed by atoms with Crippen LogP contribution in [0.3, 0.4) is 0 Å². The number of nitrogens with zero attached hydrogens (tertiary/aromatic N) is 1. The number of hydrogen-bond donors (Lipinski definition) is 0. The third-order valence-electron chi connectivity index (χ3n) is 3.83. The summed E-state index contributed by atoms with van der Waals surface area (Å²) < 4.78 is 44.6. The lowest BCUT2D eigenvalue weighted by molar-refractivity contribution is -0.193. The van der Waals surface area contributed by atoms with Gasteiger partial charge in [-0.15, -0.1) is 0 Å². The highest BCUT2D eigenvalue weighted by molar-refractivity contribution is 9.10. The van der Waals surface area contributed by atoms with Crippen LogP contribution in [-0.2, 0) is 14.3 Å². The number of halogens is 4. The zero-order valence-electron chi connectivity index (χ0n) is 12.9. The summed E-state index contributed by atoms with van der Waals surface area (Å²) in [5.41, 5.74) is 0.501. The molecule has 0 unspecified atom stereocenters. The quantitative estimate of drug-likeness (QED) is 0.557. The summed E-state index contributed by atoms with van der Waals surface area (Å²) in [5, 5.41) is 0. The summed E-state index contributed by atoms with van der Waals surface area (Å²) in [6.07, 6.45) is -2.20. The van der Waals surface area contributed by atoms with Crippen LogP contribution in [-0.4, -0.2) is 36.1 Å². The van der Waals surface area contributed by atoms with Crippen LogP contribution in [0.4, 0.5) is 13.2 Å². The second-order valence-corrected chi connectivity index (χ2v) is 6.33.